The third kappa shape index (κ3) is 4.60. The molecule has 0 saturated heterocycles. The number of carbonyl (C=O) groups is 1. The molecule has 8 nitrogen and oxygen atoms in total. The van der Waals surface area contributed by atoms with Gasteiger partial charge in [-0.15, -0.1) is 11.3 Å². The van der Waals surface area contributed by atoms with Crippen LogP contribution in [0.4, 0.5) is 5.69 Å². The second-order valence-electron chi connectivity index (χ2n) is 8.67. The molecule has 2 aromatic heterocycles. The molecule has 0 unspecified atom stereocenters. The predicted molar refractivity (Wildman–Crippen MR) is 155 cm³/mol. The van der Waals surface area contributed by atoms with Crippen LogP contribution in [0.1, 0.15) is 24.5 Å². The molecule has 5 rings (SSSR count). The summed E-state index contributed by atoms with van der Waals surface area (Å²) in [6.07, 6.45) is 0. The highest BCUT2D eigenvalue weighted by Gasteiger charge is 2.35. The number of allylic oxidation sites excluding steroid dienone is 2. The first-order valence-electron chi connectivity index (χ1n) is 12.2. The van der Waals surface area contributed by atoms with E-state index in [1.165, 1.54) is 23.1 Å². The molecule has 0 radical (unpaired) electrons. The Labute approximate surface area is 234 Å². The van der Waals surface area contributed by atoms with Crippen molar-refractivity contribution in [3.05, 3.63) is 103 Å². The molecule has 3 heterocycles. The van der Waals surface area contributed by atoms with E-state index < -0.39 is 5.97 Å². The molecule has 39 heavy (non-hydrogen) atoms. The number of carbonyl (C=O) groups excluding carboxylic acids is 1. The zero-order chi connectivity index (χ0) is 27.7. The number of aromatic nitrogens is 3. The Balaban J connectivity index is 1.62. The molecule has 0 amide bonds. The summed E-state index contributed by atoms with van der Waals surface area (Å²) in [6, 6.07) is 21.3. The Hall–Kier alpha value is -4.33. The lowest BCUT2D eigenvalue weighted by Crippen LogP contribution is -2.20. The fourth-order valence-corrected chi connectivity index (χ4v) is 6.48. The van der Waals surface area contributed by atoms with Crippen molar-refractivity contribution in [2.45, 2.75) is 20.8 Å². The highest BCUT2D eigenvalue weighted by atomic mass is 32.2. The first-order valence-corrected chi connectivity index (χ1v) is 13.9. The molecule has 1 aliphatic heterocycles. The van der Waals surface area contributed by atoms with E-state index in [2.05, 4.69) is 6.07 Å². The molecule has 0 atom stereocenters. The normalized spacial score (nSPS) is 14.5. The van der Waals surface area contributed by atoms with Crippen LogP contribution < -0.4 is 10.5 Å². The topological polar surface area (TPSA) is 93.2 Å². The molecular weight excluding hydrogens is 530 g/mol. The number of thiazole rings is 1. The monoisotopic (exact) mass is 555 g/mol. The van der Waals surface area contributed by atoms with Crippen molar-refractivity contribution >= 4 is 40.3 Å². The average molecular weight is 556 g/mol. The van der Waals surface area contributed by atoms with E-state index in [9.17, 15) is 14.9 Å². The lowest BCUT2D eigenvalue weighted by atomic mass is 10.2. The van der Waals surface area contributed by atoms with E-state index in [0.29, 0.717) is 37.5 Å². The van der Waals surface area contributed by atoms with Crippen molar-refractivity contribution in [2.24, 2.45) is 7.05 Å². The van der Waals surface area contributed by atoms with Crippen molar-refractivity contribution in [1.82, 2.24) is 14.3 Å². The summed E-state index contributed by atoms with van der Waals surface area (Å²) in [5.74, 6) is -0.436. The van der Waals surface area contributed by atoms with Crippen LogP contribution in [0.2, 0.25) is 0 Å². The lowest BCUT2D eigenvalue weighted by Gasteiger charge is -2.22. The van der Waals surface area contributed by atoms with Gasteiger partial charge in [0.15, 0.2) is 0 Å². The predicted octanol–water partition coefficient (Wildman–Crippen LogP) is 5.85. The van der Waals surface area contributed by atoms with Crippen LogP contribution in [0.25, 0.3) is 22.5 Å². The number of nitrogens with zero attached hydrogens (tertiary/aromatic N) is 5. The number of anilines is 1. The maximum Gasteiger partial charge on any atom is 0.346 e. The molecule has 196 valence electrons. The smallest absolute Gasteiger partial charge is 0.346 e. The quantitative estimate of drug-likeness (QED) is 0.218. The first kappa shape index (κ1) is 26.3. The van der Waals surface area contributed by atoms with E-state index >= 15 is 0 Å². The summed E-state index contributed by atoms with van der Waals surface area (Å²) >= 11 is 2.48. The van der Waals surface area contributed by atoms with Crippen LogP contribution >= 0.6 is 23.1 Å². The number of hydrogen-bond donors (Lipinski definition) is 0. The highest BCUT2D eigenvalue weighted by molar-refractivity contribution is 8.08. The summed E-state index contributed by atoms with van der Waals surface area (Å²) in [6.45, 7) is 5.72. The molecule has 0 spiro atoms. The van der Waals surface area contributed by atoms with Crippen LogP contribution in [0.3, 0.4) is 0 Å². The molecular formula is C29H25N5O3S2. The van der Waals surface area contributed by atoms with E-state index in [0.717, 1.165) is 17.1 Å². The van der Waals surface area contributed by atoms with Crippen LogP contribution in [-0.4, -0.2) is 26.9 Å². The van der Waals surface area contributed by atoms with E-state index in [1.54, 1.807) is 21.7 Å². The summed E-state index contributed by atoms with van der Waals surface area (Å²) in [5.41, 5.74) is 4.11. The molecule has 0 bridgehead atoms. The second kappa shape index (κ2) is 10.8. The molecule has 0 saturated carbocycles. The minimum Gasteiger partial charge on any atom is -0.462 e. The minimum atomic E-state index is -0.436. The SMILES string of the molecule is CCOC(=O)C1=C(C)N(c2ccccc2)/C(=C(/C#N)c2nc(-c3c(C)n(C)n(-c4ccccc4)c3=O)cs2)S1. The van der Waals surface area contributed by atoms with Crippen molar-refractivity contribution in [3.8, 4) is 23.0 Å². The molecule has 4 aromatic rings. The van der Waals surface area contributed by atoms with Gasteiger partial charge in [0.25, 0.3) is 5.56 Å². The Morgan fingerprint density at radius 1 is 1.05 bits per heavy atom. The van der Waals surface area contributed by atoms with Gasteiger partial charge in [-0.25, -0.2) is 14.5 Å². The number of esters is 1. The van der Waals surface area contributed by atoms with Gasteiger partial charge in [0, 0.05) is 29.5 Å². The Bertz CT molecular complexity index is 1720. The molecule has 10 heteroatoms. The lowest BCUT2D eigenvalue weighted by molar-refractivity contribution is -0.137. The number of para-hydroxylation sites is 2. The average Bonchev–Trinajstić information content (AvgIpc) is 3.61. The highest BCUT2D eigenvalue weighted by Crippen LogP contribution is 2.47. The minimum absolute atomic E-state index is 0.188. The van der Waals surface area contributed by atoms with Crippen LogP contribution in [-0.2, 0) is 16.6 Å². The molecule has 2 aromatic carbocycles. The zero-order valence-electron chi connectivity index (χ0n) is 21.8. The van der Waals surface area contributed by atoms with Gasteiger partial charge in [0.2, 0.25) is 0 Å². The van der Waals surface area contributed by atoms with Gasteiger partial charge >= 0.3 is 5.97 Å². The first-order chi connectivity index (χ1) is 18.9. The van der Waals surface area contributed by atoms with Gasteiger partial charge < -0.3 is 9.64 Å². The fraction of sp³-hybridized carbons (Fsp3) is 0.172. The summed E-state index contributed by atoms with van der Waals surface area (Å²) in [5, 5.41) is 13.1. The maximum absolute atomic E-state index is 13.5. The van der Waals surface area contributed by atoms with Gasteiger partial charge in [-0.05, 0) is 45.0 Å². The molecule has 0 aliphatic carbocycles. The van der Waals surface area contributed by atoms with Gasteiger partial charge in [-0.2, -0.15) is 5.26 Å². The Morgan fingerprint density at radius 3 is 2.31 bits per heavy atom. The molecule has 0 N–H and O–H groups in total. The third-order valence-electron chi connectivity index (χ3n) is 6.40. The number of thioether (sulfide) groups is 1. The van der Waals surface area contributed by atoms with Crippen molar-refractivity contribution in [2.75, 3.05) is 11.5 Å². The number of benzene rings is 2. The fourth-order valence-electron chi connectivity index (χ4n) is 4.46. The summed E-state index contributed by atoms with van der Waals surface area (Å²) in [4.78, 5) is 33.4. The summed E-state index contributed by atoms with van der Waals surface area (Å²) < 4.78 is 8.70. The number of hydrogen-bond acceptors (Lipinski definition) is 8. The number of rotatable bonds is 6. The summed E-state index contributed by atoms with van der Waals surface area (Å²) in [7, 11) is 1.83. The number of ether oxygens (including phenoxy) is 1. The van der Waals surface area contributed by atoms with Crippen LogP contribution in [0, 0.1) is 18.3 Å². The van der Waals surface area contributed by atoms with Crippen molar-refractivity contribution < 1.29 is 9.53 Å². The Morgan fingerprint density at radius 2 is 1.69 bits per heavy atom. The van der Waals surface area contributed by atoms with E-state index in [1.807, 2.05) is 86.5 Å². The van der Waals surface area contributed by atoms with Gasteiger partial charge in [0.1, 0.15) is 26.6 Å². The van der Waals surface area contributed by atoms with E-state index in [-0.39, 0.29) is 12.2 Å². The van der Waals surface area contributed by atoms with Crippen LogP contribution in [0.15, 0.2) is 86.5 Å². The van der Waals surface area contributed by atoms with Crippen molar-refractivity contribution in [1.29, 1.82) is 5.26 Å². The van der Waals surface area contributed by atoms with Crippen molar-refractivity contribution in [3.63, 3.8) is 0 Å². The Kier molecular flexibility index (Phi) is 7.28. The van der Waals surface area contributed by atoms with Crippen LogP contribution in [0.5, 0.6) is 0 Å². The molecule has 0 fully saturated rings. The number of nitriles is 1. The van der Waals surface area contributed by atoms with Gasteiger partial charge in [-0.1, -0.05) is 48.2 Å². The largest absolute Gasteiger partial charge is 0.462 e. The van der Waals surface area contributed by atoms with Gasteiger partial charge in [-0.3, -0.25) is 9.48 Å². The standard InChI is InChI=1S/C29H25N5O3S2/c1-5-37-29(36)25-19(3)33(20-12-8-6-9-13-20)28(39-25)22(16-30)26-31-23(17-38-26)24-18(2)32(4)34(27(24)35)21-14-10-7-11-15-21/h6-15,17H,5H2,1-4H3/b28-22+. The molecule has 1 aliphatic rings. The van der Waals surface area contributed by atoms with E-state index in [4.69, 9.17) is 9.72 Å². The second-order valence-corrected chi connectivity index (χ2v) is 10.5. The van der Waals surface area contributed by atoms with Gasteiger partial charge in [0.05, 0.1) is 23.6 Å². The zero-order valence-corrected chi connectivity index (χ0v) is 23.5. The maximum atomic E-state index is 13.5. The third-order valence-corrected chi connectivity index (χ3v) is 8.50.